The number of piperidine rings is 1. The number of benzene rings is 1. The number of fused-ring (bicyclic) bond motifs is 1. The Morgan fingerprint density at radius 2 is 2.00 bits per heavy atom. The monoisotopic (exact) mass is 395 g/mol. The second kappa shape index (κ2) is 7.47. The lowest BCUT2D eigenvalue weighted by Gasteiger charge is -2.31. The minimum absolute atomic E-state index is 0.00567. The molecule has 0 saturated carbocycles. The molecule has 1 aliphatic rings. The van der Waals surface area contributed by atoms with Crippen LogP contribution in [0.3, 0.4) is 0 Å². The van der Waals surface area contributed by atoms with Crippen LogP contribution >= 0.6 is 0 Å². The summed E-state index contributed by atoms with van der Waals surface area (Å²) in [5.74, 6) is -0.707. The van der Waals surface area contributed by atoms with Crippen molar-refractivity contribution in [1.29, 1.82) is 0 Å². The summed E-state index contributed by atoms with van der Waals surface area (Å²) in [7, 11) is -2.14. The van der Waals surface area contributed by atoms with Crippen LogP contribution < -0.4 is 11.1 Å². The van der Waals surface area contributed by atoms with Gasteiger partial charge in [0.1, 0.15) is 0 Å². The zero-order valence-electron chi connectivity index (χ0n) is 15.8. The Hall–Kier alpha value is -2.13. The zero-order chi connectivity index (χ0) is 19.8. The molecule has 8 nitrogen and oxygen atoms in total. The second-order valence-corrected chi connectivity index (χ2v) is 8.99. The molecule has 1 fully saturated rings. The third-order valence-corrected chi connectivity index (χ3v) is 7.12. The third kappa shape index (κ3) is 3.79. The van der Waals surface area contributed by atoms with Gasteiger partial charge in [-0.25, -0.2) is 13.2 Å². The van der Waals surface area contributed by atoms with E-state index in [2.05, 4.69) is 5.32 Å². The summed E-state index contributed by atoms with van der Waals surface area (Å²) in [5.41, 5.74) is 0.783. The molecule has 1 amide bonds. The smallest absolute Gasteiger partial charge is 0.408 e. The Labute approximate surface area is 158 Å². The summed E-state index contributed by atoms with van der Waals surface area (Å²) in [6.45, 7) is 4.54. The molecule has 1 aromatic heterocycles. The van der Waals surface area contributed by atoms with Crippen LogP contribution in [0.5, 0.6) is 0 Å². The van der Waals surface area contributed by atoms with Crippen molar-refractivity contribution in [3.63, 3.8) is 0 Å². The molecule has 1 N–H and O–H groups in total. The number of sulfonamides is 1. The van der Waals surface area contributed by atoms with E-state index >= 15 is 0 Å². The van der Waals surface area contributed by atoms with Crippen LogP contribution in [0.25, 0.3) is 11.1 Å². The van der Waals surface area contributed by atoms with Gasteiger partial charge in [-0.15, -0.1) is 0 Å². The Bertz CT molecular complexity index is 1000. The molecule has 1 aromatic carbocycles. The van der Waals surface area contributed by atoms with Crippen LogP contribution in [0, 0.1) is 5.92 Å². The van der Waals surface area contributed by atoms with Gasteiger partial charge in [0.15, 0.2) is 5.58 Å². The maximum Gasteiger partial charge on any atom is 0.419 e. The quantitative estimate of drug-likeness (QED) is 0.826. The highest BCUT2D eigenvalue weighted by atomic mass is 32.2. The molecular formula is C18H25N3O5S. The van der Waals surface area contributed by atoms with E-state index in [0.717, 1.165) is 6.42 Å². The van der Waals surface area contributed by atoms with Crippen LogP contribution in [0.4, 0.5) is 0 Å². The van der Waals surface area contributed by atoms with Crippen molar-refractivity contribution in [2.45, 2.75) is 44.0 Å². The summed E-state index contributed by atoms with van der Waals surface area (Å²) in [5, 5.41) is 2.96. The lowest BCUT2D eigenvalue weighted by molar-refractivity contribution is -0.126. The molecule has 1 aliphatic heterocycles. The summed E-state index contributed by atoms with van der Waals surface area (Å²) in [4.78, 5) is 23.9. The van der Waals surface area contributed by atoms with Gasteiger partial charge in [-0.1, -0.05) is 6.92 Å². The van der Waals surface area contributed by atoms with E-state index in [4.69, 9.17) is 4.42 Å². The van der Waals surface area contributed by atoms with E-state index in [1.54, 1.807) is 13.1 Å². The fourth-order valence-corrected chi connectivity index (χ4v) is 4.73. The Morgan fingerprint density at radius 3 is 2.63 bits per heavy atom. The third-order valence-electron chi connectivity index (χ3n) is 5.23. The summed E-state index contributed by atoms with van der Waals surface area (Å²) >= 11 is 0. The summed E-state index contributed by atoms with van der Waals surface area (Å²) < 4.78 is 33.7. The van der Waals surface area contributed by atoms with Crippen molar-refractivity contribution in [3.05, 3.63) is 28.7 Å². The van der Waals surface area contributed by atoms with Gasteiger partial charge in [0.25, 0.3) is 0 Å². The van der Waals surface area contributed by atoms with Crippen LogP contribution in [0.1, 0.15) is 33.1 Å². The van der Waals surface area contributed by atoms with Gasteiger partial charge < -0.3 is 9.73 Å². The molecule has 0 aliphatic carbocycles. The SMILES string of the molecule is CC[C@@H](C)NC(=O)C1CCN(S(=O)(=O)c2ccc3c(c2)oc(=O)n3C)CC1. The van der Waals surface area contributed by atoms with E-state index in [-0.39, 0.29) is 41.4 Å². The Kier molecular flexibility index (Phi) is 5.43. The standard InChI is InChI=1S/C18H25N3O5S/c1-4-12(2)19-17(22)13-7-9-21(10-8-13)27(24,25)14-5-6-15-16(11-14)26-18(23)20(15)3/h5-6,11-13H,4,7-10H2,1-3H3,(H,19,22)/t12-/m1/s1. The molecule has 0 spiro atoms. The van der Waals surface area contributed by atoms with Crippen molar-refractivity contribution >= 4 is 27.0 Å². The number of hydrogen-bond donors (Lipinski definition) is 1. The van der Waals surface area contributed by atoms with Gasteiger partial charge in [0.2, 0.25) is 15.9 Å². The molecule has 1 atom stereocenters. The van der Waals surface area contributed by atoms with E-state index in [1.807, 2.05) is 13.8 Å². The van der Waals surface area contributed by atoms with Gasteiger partial charge >= 0.3 is 5.76 Å². The number of nitrogens with zero attached hydrogens (tertiary/aromatic N) is 2. The van der Waals surface area contributed by atoms with Gasteiger partial charge in [-0.05, 0) is 38.3 Å². The molecule has 0 bridgehead atoms. The van der Waals surface area contributed by atoms with E-state index in [0.29, 0.717) is 18.4 Å². The van der Waals surface area contributed by atoms with Crippen molar-refractivity contribution in [2.24, 2.45) is 13.0 Å². The van der Waals surface area contributed by atoms with Gasteiger partial charge in [-0.2, -0.15) is 4.31 Å². The van der Waals surface area contributed by atoms with Crippen LogP contribution in [0.2, 0.25) is 0 Å². The van der Waals surface area contributed by atoms with Crippen molar-refractivity contribution < 1.29 is 17.6 Å². The Morgan fingerprint density at radius 1 is 1.33 bits per heavy atom. The number of rotatable bonds is 5. The fraction of sp³-hybridized carbons (Fsp3) is 0.556. The normalized spacial score (nSPS) is 17.9. The van der Waals surface area contributed by atoms with Crippen molar-refractivity contribution in [3.8, 4) is 0 Å². The number of oxazole rings is 1. The van der Waals surface area contributed by atoms with Crippen LogP contribution in [-0.4, -0.2) is 42.3 Å². The minimum Gasteiger partial charge on any atom is -0.408 e. The average molecular weight is 395 g/mol. The summed E-state index contributed by atoms with van der Waals surface area (Å²) in [6.07, 6.45) is 1.84. The first-order valence-electron chi connectivity index (χ1n) is 9.14. The van der Waals surface area contributed by atoms with Crippen molar-refractivity contribution in [2.75, 3.05) is 13.1 Å². The number of aryl methyl sites for hydroxylation is 1. The minimum atomic E-state index is -3.70. The van der Waals surface area contributed by atoms with Crippen LogP contribution in [-0.2, 0) is 21.9 Å². The number of hydrogen-bond acceptors (Lipinski definition) is 5. The topological polar surface area (TPSA) is 102 Å². The lowest BCUT2D eigenvalue weighted by Crippen LogP contribution is -2.44. The predicted octanol–water partition coefficient (Wildman–Crippen LogP) is 1.45. The molecule has 148 valence electrons. The molecule has 0 unspecified atom stereocenters. The number of amides is 1. The molecule has 2 aromatic rings. The van der Waals surface area contributed by atoms with E-state index < -0.39 is 15.8 Å². The maximum atomic E-state index is 12.9. The largest absolute Gasteiger partial charge is 0.419 e. The maximum absolute atomic E-state index is 12.9. The zero-order valence-corrected chi connectivity index (χ0v) is 16.6. The highest BCUT2D eigenvalue weighted by Crippen LogP contribution is 2.26. The predicted molar refractivity (Wildman–Crippen MR) is 101 cm³/mol. The first kappa shape index (κ1) is 19.6. The molecule has 3 rings (SSSR count). The molecule has 0 radical (unpaired) electrons. The average Bonchev–Trinajstić information content (AvgIpc) is 2.95. The van der Waals surface area contributed by atoms with Crippen LogP contribution in [0.15, 0.2) is 32.3 Å². The first-order chi connectivity index (χ1) is 12.7. The number of nitrogens with one attached hydrogen (secondary N) is 1. The highest BCUT2D eigenvalue weighted by molar-refractivity contribution is 7.89. The van der Waals surface area contributed by atoms with E-state index in [1.165, 1.54) is 21.0 Å². The Balaban J connectivity index is 1.73. The molecule has 2 heterocycles. The van der Waals surface area contributed by atoms with Gasteiger partial charge in [-0.3, -0.25) is 9.36 Å². The number of carbonyl (C=O) groups is 1. The second-order valence-electron chi connectivity index (χ2n) is 7.05. The summed E-state index contributed by atoms with van der Waals surface area (Å²) in [6, 6.07) is 4.55. The number of aromatic nitrogens is 1. The van der Waals surface area contributed by atoms with Gasteiger partial charge in [0.05, 0.1) is 10.4 Å². The molecule has 9 heteroatoms. The highest BCUT2D eigenvalue weighted by Gasteiger charge is 2.32. The van der Waals surface area contributed by atoms with Gasteiger partial charge in [0, 0.05) is 38.2 Å². The number of carbonyl (C=O) groups excluding carboxylic acids is 1. The fourth-order valence-electron chi connectivity index (χ4n) is 3.24. The first-order valence-corrected chi connectivity index (χ1v) is 10.6. The van der Waals surface area contributed by atoms with E-state index in [9.17, 15) is 18.0 Å². The molecule has 1 saturated heterocycles. The lowest BCUT2D eigenvalue weighted by atomic mass is 9.97. The molecule has 27 heavy (non-hydrogen) atoms. The molecular weight excluding hydrogens is 370 g/mol. The van der Waals surface area contributed by atoms with Crippen molar-refractivity contribution in [1.82, 2.24) is 14.2 Å².